The van der Waals surface area contributed by atoms with E-state index < -0.39 is 0 Å². The van der Waals surface area contributed by atoms with E-state index in [1.165, 1.54) is 0 Å². The number of para-hydroxylation sites is 2. The van der Waals surface area contributed by atoms with Crippen molar-refractivity contribution in [2.24, 2.45) is 0 Å². The van der Waals surface area contributed by atoms with Crippen molar-refractivity contribution < 1.29 is 4.42 Å². The van der Waals surface area contributed by atoms with Crippen LogP contribution in [0.1, 0.15) is 13.3 Å². The van der Waals surface area contributed by atoms with Crippen LogP contribution in [0.4, 0.5) is 0 Å². The summed E-state index contributed by atoms with van der Waals surface area (Å²) in [5.74, 6) is -0.248. The Hall–Kier alpha value is -1.59. The van der Waals surface area contributed by atoms with Gasteiger partial charge in [-0.1, -0.05) is 12.1 Å². The quantitative estimate of drug-likeness (QED) is 0.858. The van der Waals surface area contributed by atoms with Crippen LogP contribution in [0.5, 0.6) is 0 Å². The highest BCUT2D eigenvalue weighted by atomic mass is 16.4. The molecule has 21 heavy (non-hydrogen) atoms. The zero-order valence-corrected chi connectivity index (χ0v) is 12.8. The summed E-state index contributed by atoms with van der Waals surface area (Å²) < 4.78 is 7.01. The third-order valence-electron chi connectivity index (χ3n) is 4.37. The minimum absolute atomic E-state index is 0.248. The first-order chi connectivity index (χ1) is 10.1. The molecule has 0 radical (unpaired) electrons. The van der Waals surface area contributed by atoms with E-state index >= 15 is 0 Å². The monoisotopic (exact) mass is 289 g/mol. The molecular formula is C16H23N3O2. The fourth-order valence-electron chi connectivity index (χ4n) is 3.17. The number of nitrogens with zero attached hydrogens (tertiary/aromatic N) is 3. The molecule has 5 heteroatoms. The Morgan fingerprint density at radius 1 is 1.24 bits per heavy atom. The largest absolute Gasteiger partial charge is 0.419 e. The molecule has 2 heterocycles. The maximum absolute atomic E-state index is 11.9. The molecule has 1 atom stereocenters. The molecule has 0 N–H and O–H groups in total. The summed E-state index contributed by atoms with van der Waals surface area (Å²) in [6.07, 6.45) is 0.970. The molecule has 1 saturated heterocycles. The van der Waals surface area contributed by atoms with Gasteiger partial charge in [0.2, 0.25) is 0 Å². The highest BCUT2D eigenvalue weighted by Gasteiger charge is 2.20. The van der Waals surface area contributed by atoms with Gasteiger partial charge >= 0.3 is 5.76 Å². The maximum atomic E-state index is 11.9. The van der Waals surface area contributed by atoms with Crippen molar-refractivity contribution in [2.75, 3.05) is 33.2 Å². The van der Waals surface area contributed by atoms with Crippen molar-refractivity contribution in [1.82, 2.24) is 14.4 Å². The molecule has 0 unspecified atom stereocenters. The third-order valence-corrected chi connectivity index (χ3v) is 4.37. The van der Waals surface area contributed by atoms with Crippen molar-refractivity contribution >= 4 is 11.1 Å². The van der Waals surface area contributed by atoms with E-state index in [9.17, 15) is 4.79 Å². The second kappa shape index (κ2) is 6.03. The molecule has 1 aliphatic rings. The summed E-state index contributed by atoms with van der Waals surface area (Å²) in [6, 6.07) is 8.20. The van der Waals surface area contributed by atoms with Crippen LogP contribution in [-0.2, 0) is 6.54 Å². The predicted molar refractivity (Wildman–Crippen MR) is 83.6 cm³/mol. The second-order valence-corrected chi connectivity index (χ2v) is 5.99. The van der Waals surface area contributed by atoms with E-state index in [0.29, 0.717) is 11.6 Å². The number of piperazine rings is 1. The molecule has 5 nitrogen and oxygen atoms in total. The van der Waals surface area contributed by atoms with Gasteiger partial charge < -0.3 is 9.32 Å². The summed E-state index contributed by atoms with van der Waals surface area (Å²) in [7, 11) is 2.17. The van der Waals surface area contributed by atoms with E-state index in [2.05, 4.69) is 23.8 Å². The van der Waals surface area contributed by atoms with Gasteiger partial charge in [0.05, 0.1) is 5.52 Å². The Balaban J connectivity index is 1.62. The molecule has 0 saturated carbocycles. The van der Waals surface area contributed by atoms with Crippen molar-refractivity contribution in [2.45, 2.75) is 25.9 Å². The van der Waals surface area contributed by atoms with Crippen LogP contribution < -0.4 is 5.76 Å². The van der Waals surface area contributed by atoms with E-state index in [4.69, 9.17) is 4.42 Å². The van der Waals surface area contributed by atoms with E-state index in [-0.39, 0.29) is 5.76 Å². The van der Waals surface area contributed by atoms with E-state index in [0.717, 1.165) is 44.7 Å². The number of oxazole rings is 1. The van der Waals surface area contributed by atoms with Gasteiger partial charge in [-0.3, -0.25) is 9.47 Å². The number of aromatic nitrogens is 1. The Morgan fingerprint density at radius 3 is 2.86 bits per heavy atom. The normalized spacial score (nSPS) is 21.1. The molecule has 1 aliphatic heterocycles. The number of fused-ring (bicyclic) bond motifs is 1. The molecule has 0 amide bonds. The average molecular weight is 289 g/mol. The van der Waals surface area contributed by atoms with Gasteiger partial charge in [0.1, 0.15) is 0 Å². The zero-order valence-electron chi connectivity index (χ0n) is 12.8. The zero-order chi connectivity index (χ0) is 14.8. The third kappa shape index (κ3) is 3.04. The Kier molecular flexibility index (Phi) is 4.12. The first-order valence-corrected chi connectivity index (χ1v) is 7.66. The van der Waals surface area contributed by atoms with Crippen LogP contribution in [0, 0.1) is 0 Å². The lowest BCUT2D eigenvalue weighted by Crippen LogP contribution is -2.50. The first-order valence-electron chi connectivity index (χ1n) is 7.66. The lowest BCUT2D eigenvalue weighted by atomic mass is 10.2. The van der Waals surface area contributed by atoms with Crippen molar-refractivity contribution in [1.29, 1.82) is 0 Å². The Labute approximate surface area is 124 Å². The fraction of sp³-hybridized carbons (Fsp3) is 0.562. The molecule has 0 aliphatic carbocycles. The van der Waals surface area contributed by atoms with Crippen LogP contribution in [-0.4, -0.2) is 53.6 Å². The van der Waals surface area contributed by atoms with Gasteiger partial charge in [0, 0.05) is 38.8 Å². The lowest BCUT2D eigenvalue weighted by molar-refractivity contribution is 0.0979. The second-order valence-electron chi connectivity index (χ2n) is 5.99. The average Bonchev–Trinajstić information content (AvgIpc) is 2.77. The van der Waals surface area contributed by atoms with E-state index in [1.54, 1.807) is 4.57 Å². The van der Waals surface area contributed by atoms with Crippen LogP contribution >= 0.6 is 0 Å². The number of likely N-dealkylation sites (N-methyl/N-ethyl adjacent to an activating group) is 1. The molecular weight excluding hydrogens is 266 g/mol. The van der Waals surface area contributed by atoms with Crippen molar-refractivity contribution in [3.8, 4) is 0 Å². The highest BCUT2D eigenvalue weighted by molar-refractivity contribution is 5.72. The van der Waals surface area contributed by atoms with Gasteiger partial charge in [-0.15, -0.1) is 0 Å². The summed E-state index contributed by atoms with van der Waals surface area (Å²) in [5.41, 5.74) is 1.57. The number of rotatable bonds is 4. The Bertz CT molecular complexity index is 661. The fourth-order valence-corrected chi connectivity index (χ4v) is 3.17. The molecule has 2 aromatic rings. The number of benzene rings is 1. The number of hydrogen-bond donors (Lipinski definition) is 0. The van der Waals surface area contributed by atoms with Crippen molar-refractivity contribution in [3.05, 3.63) is 34.8 Å². The SMILES string of the molecule is C[C@H]1CN(C)CCN1CCCn1c(=O)oc2ccccc21. The summed E-state index contributed by atoms with van der Waals surface area (Å²) in [5, 5.41) is 0. The smallest absolute Gasteiger partial charge is 0.408 e. The first kappa shape index (κ1) is 14.4. The van der Waals surface area contributed by atoms with Crippen molar-refractivity contribution in [3.63, 3.8) is 0 Å². The minimum atomic E-state index is -0.248. The highest BCUT2D eigenvalue weighted by Crippen LogP contribution is 2.13. The van der Waals surface area contributed by atoms with Gasteiger partial charge in [-0.05, 0) is 32.5 Å². The molecule has 1 aromatic carbocycles. The number of aryl methyl sites for hydroxylation is 1. The molecule has 3 rings (SSSR count). The summed E-state index contributed by atoms with van der Waals surface area (Å²) in [4.78, 5) is 16.8. The lowest BCUT2D eigenvalue weighted by Gasteiger charge is -2.38. The summed E-state index contributed by atoms with van der Waals surface area (Å²) >= 11 is 0. The minimum Gasteiger partial charge on any atom is -0.408 e. The molecule has 1 fully saturated rings. The predicted octanol–water partition coefficient (Wildman–Crippen LogP) is 1.62. The topological polar surface area (TPSA) is 41.6 Å². The molecule has 1 aromatic heterocycles. The van der Waals surface area contributed by atoms with Crippen LogP contribution in [0.2, 0.25) is 0 Å². The van der Waals surface area contributed by atoms with Crippen LogP contribution in [0.3, 0.4) is 0 Å². The van der Waals surface area contributed by atoms with Gasteiger partial charge in [0.25, 0.3) is 0 Å². The molecule has 114 valence electrons. The Morgan fingerprint density at radius 2 is 2.05 bits per heavy atom. The van der Waals surface area contributed by atoms with Gasteiger partial charge in [-0.2, -0.15) is 0 Å². The standard InChI is InChI=1S/C16H23N3O2/c1-13-12-17(2)10-11-18(13)8-5-9-19-14-6-3-4-7-15(14)21-16(19)20/h3-4,6-7,13H,5,8-12H2,1-2H3/t13-/m0/s1. The maximum Gasteiger partial charge on any atom is 0.419 e. The van der Waals surface area contributed by atoms with Crippen LogP contribution in [0.15, 0.2) is 33.5 Å². The summed E-state index contributed by atoms with van der Waals surface area (Å²) in [6.45, 7) is 7.37. The van der Waals surface area contributed by atoms with E-state index in [1.807, 2.05) is 24.3 Å². The van der Waals surface area contributed by atoms with Gasteiger partial charge in [-0.25, -0.2) is 4.79 Å². The number of hydrogen-bond acceptors (Lipinski definition) is 4. The van der Waals surface area contributed by atoms with Crippen LogP contribution in [0.25, 0.3) is 11.1 Å². The molecule has 0 spiro atoms. The molecule has 0 bridgehead atoms. The van der Waals surface area contributed by atoms with Gasteiger partial charge in [0.15, 0.2) is 5.58 Å².